The van der Waals surface area contributed by atoms with Crippen LogP contribution in [0, 0.1) is 11.3 Å². The predicted molar refractivity (Wildman–Crippen MR) is 133 cm³/mol. The summed E-state index contributed by atoms with van der Waals surface area (Å²) in [6.07, 6.45) is 7.54. The van der Waals surface area contributed by atoms with E-state index in [0.717, 1.165) is 45.3 Å². The van der Waals surface area contributed by atoms with Crippen molar-refractivity contribution in [1.29, 1.82) is 0 Å². The quantitative estimate of drug-likeness (QED) is 0.638. The second kappa shape index (κ2) is 9.95. The van der Waals surface area contributed by atoms with E-state index in [1.165, 1.54) is 62.3 Å². The largest absolute Gasteiger partial charge is 0.378 e. The Morgan fingerprint density at radius 3 is 2.32 bits per heavy atom. The Morgan fingerprint density at radius 1 is 0.968 bits per heavy atom. The van der Waals surface area contributed by atoms with Crippen molar-refractivity contribution in [2.45, 2.75) is 53.4 Å². The molecule has 2 saturated heterocycles. The molecule has 0 bridgehead atoms. The highest BCUT2D eigenvalue weighted by molar-refractivity contribution is 5.80. The minimum absolute atomic E-state index is 0.399. The first kappa shape index (κ1) is 22.7. The maximum absolute atomic E-state index is 5.59. The zero-order chi connectivity index (χ0) is 21.8. The number of benzene rings is 1. The Balaban J connectivity index is 1.59. The van der Waals surface area contributed by atoms with E-state index >= 15 is 0 Å². The molecule has 1 aliphatic carbocycles. The molecule has 0 N–H and O–H groups in total. The molecule has 172 valence electrons. The number of morpholine rings is 1. The lowest BCUT2D eigenvalue weighted by molar-refractivity contribution is 0.122. The fourth-order valence-corrected chi connectivity index (χ4v) is 5.47. The van der Waals surface area contributed by atoms with Gasteiger partial charge in [0.2, 0.25) is 0 Å². The maximum atomic E-state index is 5.59. The molecule has 2 aliphatic heterocycles. The van der Waals surface area contributed by atoms with Gasteiger partial charge < -0.3 is 14.5 Å². The van der Waals surface area contributed by atoms with E-state index in [9.17, 15) is 0 Å². The van der Waals surface area contributed by atoms with E-state index in [4.69, 9.17) is 4.74 Å². The van der Waals surface area contributed by atoms with Crippen LogP contribution in [0.3, 0.4) is 0 Å². The van der Waals surface area contributed by atoms with Gasteiger partial charge in [-0.3, -0.25) is 4.90 Å². The van der Waals surface area contributed by atoms with Crippen LogP contribution in [0.4, 0.5) is 11.4 Å². The third-order valence-corrected chi connectivity index (χ3v) is 7.59. The average molecular weight is 426 g/mol. The second-order valence-corrected chi connectivity index (χ2v) is 10.7. The van der Waals surface area contributed by atoms with Gasteiger partial charge in [0.25, 0.3) is 0 Å². The summed E-state index contributed by atoms with van der Waals surface area (Å²) in [5.74, 6) is 0.791. The van der Waals surface area contributed by atoms with Crippen LogP contribution in [-0.4, -0.2) is 63.9 Å². The van der Waals surface area contributed by atoms with Crippen LogP contribution >= 0.6 is 0 Å². The van der Waals surface area contributed by atoms with Crippen LogP contribution in [0.5, 0.6) is 0 Å². The zero-order valence-electron chi connectivity index (χ0n) is 20.3. The molecular weight excluding hydrogens is 382 g/mol. The second-order valence-electron chi connectivity index (χ2n) is 10.7. The highest BCUT2D eigenvalue weighted by Crippen LogP contribution is 2.42. The lowest BCUT2D eigenvalue weighted by atomic mass is 9.72. The van der Waals surface area contributed by atoms with Crippen LogP contribution in [-0.2, 0) is 4.74 Å². The van der Waals surface area contributed by atoms with Crippen molar-refractivity contribution in [3.63, 3.8) is 0 Å². The molecule has 4 nitrogen and oxygen atoms in total. The fraction of sp³-hybridized carbons (Fsp3) is 0.704. The third kappa shape index (κ3) is 5.46. The number of allylic oxidation sites excluding steroid dienone is 2. The number of anilines is 2. The van der Waals surface area contributed by atoms with Gasteiger partial charge in [-0.05, 0) is 67.3 Å². The molecule has 0 amide bonds. The van der Waals surface area contributed by atoms with Crippen LogP contribution in [0.1, 0.15) is 58.9 Å². The molecule has 1 aromatic carbocycles. The number of piperazine rings is 1. The lowest BCUT2D eigenvalue weighted by Crippen LogP contribution is -2.46. The van der Waals surface area contributed by atoms with Crippen molar-refractivity contribution in [3.8, 4) is 0 Å². The monoisotopic (exact) mass is 425 g/mol. The molecule has 0 radical (unpaired) electrons. The number of hydrogen-bond donors (Lipinski definition) is 0. The minimum Gasteiger partial charge on any atom is -0.378 e. The van der Waals surface area contributed by atoms with Crippen molar-refractivity contribution in [1.82, 2.24) is 4.90 Å². The third-order valence-electron chi connectivity index (χ3n) is 7.59. The summed E-state index contributed by atoms with van der Waals surface area (Å²) in [5, 5.41) is 0. The Hall–Kier alpha value is -1.52. The number of ether oxygens (including phenoxy) is 1. The van der Waals surface area contributed by atoms with Gasteiger partial charge in [0.05, 0.1) is 13.2 Å². The Bertz CT molecular complexity index is 752. The SMILES string of the molecule is CCCN1CCN(c2ccc(N3CCOCC3)cc2C2=CCC(C(C)(C)C)CC2)CC1. The van der Waals surface area contributed by atoms with E-state index in [-0.39, 0.29) is 0 Å². The highest BCUT2D eigenvalue weighted by Gasteiger charge is 2.28. The van der Waals surface area contributed by atoms with Crippen LogP contribution in [0.25, 0.3) is 5.57 Å². The molecule has 31 heavy (non-hydrogen) atoms. The van der Waals surface area contributed by atoms with E-state index in [2.05, 4.69) is 66.7 Å². The van der Waals surface area contributed by atoms with E-state index < -0.39 is 0 Å². The molecule has 0 saturated carbocycles. The van der Waals surface area contributed by atoms with E-state index in [0.29, 0.717) is 5.41 Å². The van der Waals surface area contributed by atoms with Gasteiger partial charge in [0.15, 0.2) is 0 Å². The average Bonchev–Trinajstić information content (AvgIpc) is 2.80. The summed E-state index contributed by atoms with van der Waals surface area (Å²) in [6, 6.07) is 7.25. The van der Waals surface area contributed by atoms with E-state index in [1.807, 2.05) is 0 Å². The Kier molecular flexibility index (Phi) is 7.28. The first-order valence-electron chi connectivity index (χ1n) is 12.6. The molecule has 2 heterocycles. The van der Waals surface area contributed by atoms with Gasteiger partial charge in [-0.1, -0.05) is 33.8 Å². The Morgan fingerprint density at radius 2 is 1.71 bits per heavy atom. The fourth-order valence-electron chi connectivity index (χ4n) is 5.47. The van der Waals surface area contributed by atoms with Crippen LogP contribution in [0.2, 0.25) is 0 Å². The standard InChI is InChI=1S/C27H43N3O/c1-5-12-28-13-15-30(16-14-28)26-11-10-24(29-17-19-31-20-18-29)21-25(26)22-6-8-23(9-7-22)27(2,3)4/h6,10-11,21,23H,5,7-9,12-20H2,1-4H3. The van der Waals surface area contributed by atoms with Gasteiger partial charge in [0, 0.05) is 56.2 Å². The maximum Gasteiger partial charge on any atom is 0.0642 e. The van der Waals surface area contributed by atoms with Crippen molar-refractivity contribution in [3.05, 3.63) is 29.8 Å². The summed E-state index contributed by atoms with van der Waals surface area (Å²) < 4.78 is 5.59. The highest BCUT2D eigenvalue weighted by atomic mass is 16.5. The molecule has 2 fully saturated rings. The molecule has 3 aliphatic rings. The summed E-state index contributed by atoms with van der Waals surface area (Å²) in [4.78, 5) is 7.75. The van der Waals surface area contributed by atoms with Gasteiger partial charge in [0.1, 0.15) is 0 Å². The smallest absolute Gasteiger partial charge is 0.0642 e. The van der Waals surface area contributed by atoms with Gasteiger partial charge in [-0.25, -0.2) is 0 Å². The summed E-state index contributed by atoms with van der Waals surface area (Å²) >= 11 is 0. The van der Waals surface area contributed by atoms with Crippen LogP contribution in [0.15, 0.2) is 24.3 Å². The topological polar surface area (TPSA) is 19.0 Å². The van der Waals surface area contributed by atoms with Crippen molar-refractivity contribution in [2.75, 3.05) is 68.8 Å². The number of hydrogen-bond acceptors (Lipinski definition) is 4. The normalized spacial score (nSPS) is 23.7. The number of rotatable bonds is 5. The molecule has 4 heteroatoms. The first-order chi connectivity index (χ1) is 15.0. The molecule has 0 spiro atoms. The van der Waals surface area contributed by atoms with Gasteiger partial charge >= 0.3 is 0 Å². The Labute approximate surface area is 190 Å². The summed E-state index contributed by atoms with van der Waals surface area (Å²) in [7, 11) is 0. The molecule has 0 aromatic heterocycles. The molecular formula is C27H43N3O. The minimum atomic E-state index is 0.399. The summed E-state index contributed by atoms with van der Waals surface area (Å²) in [6.45, 7) is 19.0. The molecule has 1 aromatic rings. The van der Waals surface area contributed by atoms with E-state index in [1.54, 1.807) is 5.57 Å². The molecule has 1 unspecified atom stereocenters. The number of nitrogens with zero attached hydrogens (tertiary/aromatic N) is 3. The lowest BCUT2D eigenvalue weighted by Gasteiger charge is -2.38. The van der Waals surface area contributed by atoms with Crippen molar-refractivity contribution in [2.24, 2.45) is 11.3 Å². The van der Waals surface area contributed by atoms with Gasteiger partial charge in [-0.2, -0.15) is 0 Å². The van der Waals surface area contributed by atoms with Crippen LogP contribution < -0.4 is 9.80 Å². The van der Waals surface area contributed by atoms with Gasteiger partial charge in [-0.15, -0.1) is 0 Å². The van der Waals surface area contributed by atoms with Crippen molar-refractivity contribution >= 4 is 16.9 Å². The molecule has 1 atom stereocenters. The molecule has 4 rings (SSSR count). The van der Waals surface area contributed by atoms with Crippen molar-refractivity contribution < 1.29 is 4.74 Å². The zero-order valence-corrected chi connectivity index (χ0v) is 20.3. The summed E-state index contributed by atoms with van der Waals surface area (Å²) in [5.41, 5.74) is 6.27. The first-order valence-corrected chi connectivity index (χ1v) is 12.6. The predicted octanol–water partition coefficient (Wildman–Crippen LogP) is 5.28.